The maximum absolute atomic E-state index is 12.2. The molecule has 0 amide bonds. The van der Waals surface area contributed by atoms with Gasteiger partial charge in [0.1, 0.15) is 0 Å². The Balaban J connectivity index is 1.89. The van der Waals surface area contributed by atoms with Crippen molar-refractivity contribution in [2.75, 3.05) is 6.61 Å². The Bertz CT molecular complexity index is 751. The molecule has 2 aromatic heterocycles. The third kappa shape index (κ3) is 4.30. The summed E-state index contributed by atoms with van der Waals surface area (Å²) in [7, 11) is 0. The number of aryl methyl sites for hydroxylation is 2. The van der Waals surface area contributed by atoms with Crippen LogP contribution in [-0.2, 0) is 4.74 Å². The zero-order valence-corrected chi connectivity index (χ0v) is 13.3. The Morgan fingerprint density at radius 1 is 1.26 bits per heavy atom. The summed E-state index contributed by atoms with van der Waals surface area (Å²) in [6.07, 6.45) is -0.335. The average Bonchev–Trinajstić information content (AvgIpc) is 2.90. The van der Waals surface area contributed by atoms with Crippen LogP contribution in [0.3, 0.4) is 0 Å². The first-order chi connectivity index (χ1) is 10.9. The Morgan fingerprint density at radius 3 is 2.70 bits per heavy atom. The summed E-state index contributed by atoms with van der Waals surface area (Å²) in [6, 6.07) is 1.83. The minimum atomic E-state index is -1.64. The lowest BCUT2D eigenvalue weighted by molar-refractivity contribution is 0.0484. The van der Waals surface area contributed by atoms with Crippen molar-refractivity contribution in [3.8, 4) is 0 Å². The predicted molar refractivity (Wildman–Crippen MR) is 79.3 cm³/mol. The summed E-state index contributed by atoms with van der Waals surface area (Å²) in [5.74, 6) is -0.359. The minimum absolute atomic E-state index is 0.0583. The van der Waals surface area contributed by atoms with Crippen LogP contribution in [0.4, 0.5) is 8.78 Å². The summed E-state index contributed by atoms with van der Waals surface area (Å²) in [6.45, 7) is 5.20. The number of rotatable bonds is 6. The summed E-state index contributed by atoms with van der Waals surface area (Å²) < 4.78 is 31.0. The minimum Gasteiger partial charge on any atom is -0.460 e. The highest BCUT2D eigenvalue weighted by molar-refractivity contribution is 5.85. The molecule has 2 aromatic rings. The van der Waals surface area contributed by atoms with Gasteiger partial charge in [-0.15, -0.1) is 5.10 Å². The molecule has 0 atom stereocenters. The molecule has 0 saturated heterocycles. The van der Waals surface area contributed by atoms with E-state index < -0.39 is 12.0 Å². The van der Waals surface area contributed by atoms with E-state index in [2.05, 4.69) is 15.1 Å². The number of aromatic nitrogens is 4. The van der Waals surface area contributed by atoms with Crippen molar-refractivity contribution < 1.29 is 18.3 Å². The molecule has 0 bridgehead atoms. The molecule has 2 rings (SSSR count). The largest absolute Gasteiger partial charge is 0.460 e. The second kappa shape index (κ2) is 7.26. The summed E-state index contributed by atoms with van der Waals surface area (Å²) in [4.78, 5) is 20.1. The van der Waals surface area contributed by atoms with Crippen LogP contribution >= 0.6 is 0 Å². The molecule has 0 radical (unpaired) electrons. The fourth-order valence-corrected chi connectivity index (χ4v) is 2.07. The number of hydrogen-bond acceptors (Lipinski definition) is 5. The van der Waals surface area contributed by atoms with E-state index in [1.54, 1.807) is 0 Å². The van der Waals surface area contributed by atoms with Crippen LogP contribution in [0.25, 0.3) is 5.78 Å². The number of nitrogens with zero attached hydrogens (tertiary/aromatic N) is 4. The van der Waals surface area contributed by atoms with Gasteiger partial charge in [0.15, 0.2) is 0 Å². The van der Waals surface area contributed by atoms with E-state index in [4.69, 9.17) is 4.74 Å². The van der Waals surface area contributed by atoms with Gasteiger partial charge in [0, 0.05) is 11.4 Å². The Labute approximate surface area is 132 Å². The number of allylic oxidation sites excluding steroid dienone is 1. The second-order valence-corrected chi connectivity index (χ2v) is 5.32. The molecule has 0 N–H and O–H groups in total. The molecule has 0 aromatic carbocycles. The molecular formula is C15H18F2N4O2. The maximum Gasteiger partial charge on any atom is 0.378 e. The van der Waals surface area contributed by atoms with Gasteiger partial charge in [-0.2, -0.15) is 13.8 Å². The van der Waals surface area contributed by atoms with Crippen LogP contribution in [0.5, 0.6) is 0 Å². The molecule has 0 spiro atoms. The van der Waals surface area contributed by atoms with E-state index in [1.165, 1.54) is 11.4 Å². The molecule has 0 aliphatic heterocycles. The number of carbonyl (C=O) groups is 1. The smallest absolute Gasteiger partial charge is 0.378 e. The van der Waals surface area contributed by atoms with Crippen molar-refractivity contribution in [1.29, 1.82) is 0 Å². The monoisotopic (exact) mass is 324 g/mol. The van der Waals surface area contributed by atoms with Crippen molar-refractivity contribution >= 4 is 11.7 Å². The third-order valence-corrected chi connectivity index (χ3v) is 3.30. The van der Waals surface area contributed by atoms with Gasteiger partial charge in [0.2, 0.25) is 0 Å². The van der Waals surface area contributed by atoms with Gasteiger partial charge in [-0.3, -0.25) is 0 Å². The molecule has 23 heavy (non-hydrogen) atoms. The van der Waals surface area contributed by atoms with Crippen LogP contribution < -0.4 is 0 Å². The van der Waals surface area contributed by atoms with Crippen LogP contribution in [0.15, 0.2) is 17.7 Å². The van der Waals surface area contributed by atoms with Crippen molar-refractivity contribution in [3.63, 3.8) is 0 Å². The summed E-state index contributed by atoms with van der Waals surface area (Å²) >= 11 is 0. The molecule has 0 aliphatic carbocycles. The SMILES string of the molecule is CC(CCCCOC(=O)c1nc2nc(C)cc(C)n2n1)=C(F)F. The van der Waals surface area contributed by atoms with E-state index in [0.29, 0.717) is 18.6 Å². The maximum atomic E-state index is 12.2. The quantitative estimate of drug-likeness (QED) is 0.603. The number of ether oxygens (including phenoxy) is 1. The number of esters is 1. The first-order valence-electron chi connectivity index (χ1n) is 7.27. The van der Waals surface area contributed by atoms with E-state index in [9.17, 15) is 13.6 Å². The normalized spacial score (nSPS) is 10.8. The van der Waals surface area contributed by atoms with Crippen molar-refractivity contribution in [2.45, 2.75) is 40.0 Å². The summed E-state index contributed by atoms with van der Waals surface area (Å²) in [5, 5.41) is 4.07. The number of carbonyl (C=O) groups excluding carboxylic acids is 1. The molecule has 0 fully saturated rings. The molecule has 0 saturated carbocycles. The second-order valence-electron chi connectivity index (χ2n) is 5.32. The van der Waals surface area contributed by atoms with E-state index in [0.717, 1.165) is 11.4 Å². The number of fused-ring (bicyclic) bond motifs is 1. The highest BCUT2D eigenvalue weighted by Crippen LogP contribution is 2.14. The lowest BCUT2D eigenvalue weighted by Crippen LogP contribution is -2.09. The van der Waals surface area contributed by atoms with Gasteiger partial charge < -0.3 is 4.74 Å². The van der Waals surface area contributed by atoms with Crippen LogP contribution in [0, 0.1) is 13.8 Å². The molecular weight excluding hydrogens is 306 g/mol. The first-order valence-corrected chi connectivity index (χ1v) is 7.27. The van der Waals surface area contributed by atoms with Gasteiger partial charge in [-0.05, 0) is 51.7 Å². The van der Waals surface area contributed by atoms with Gasteiger partial charge in [0.25, 0.3) is 17.7 Å². The lowest BCUT2D eigenvalue weighted by Gasteiger charge is -2.02. The highest BCUT2D eigenvalue weighted by atomic mass is 19.3. The highest BCUT2D eigenvalue weighted by Gasteiger charge is 2.16. The van der Waals surface area contributed by atoms with E-state index >= 15 is 0 Å². The fourth-order valence-electron chi connectivity index (χ4n) is 2.07. The molecule has 124 valence electrons. The van der Waals surface area contributed by atoms with E-state index in [1.807, 2.05) is 19.9 Å². The zero-order valence-electron chi connectivity index (χ0n) is 13.3. The molecule has 6 nitrogen and oxygen atoms in total. The Hall–Kier alpha value is -2.38. The molecule has 0 unspecified atom stereocenters. The van der Waals surface area contributed by atoms with E-state index in [-0.39, 0.29) is 24.4 Å². The van der Waals surface area contributed by atoms with Crippen molar-refractivity contribution in [2.24, 2.45) is 0 Å². The van der Waals surface area contributed by atoms with Gasteiger partial charge in [-0.1, -0.05) is 0 Å². The van der Waals surface area contributed by atoms with Gasteiger partial charge >= 0.3 is 5.97 Å². The number of unbranched alkanes of at least 4 members (excludes halogenated alkanes) is 1. The van der Waals surface area contributed by atoms with Crippen LogP contribution in [-0.4, -0.2) is 32.2 Å². The number of hydrogen-bond donors (Lipinski definition) is 0. The predicted octanol–water partition coefficient (Wildman–Crippen LogP) is 3.24. The zero-order chi connectivity index (χ0) is 17.0. The van der Waals surface area contributed by atoms with Crippen LogP contribution in [0.1, 0.15) is 48.2 Å². The van der Waals surface area contributed by atoms with Crippen molar-refractivity contribution in [3.05, 3.63) is 34.9 Å². The Kier molecular flexibility index (Phi) is 5.36. The first kappa shape index (κ1) is 17.0. The molecule has 8 heteroatoms. The van der Waals surface area contributed by atoms with Gasteiger partial charge in [-0.25, -0.2) is 14.3 Å². The standard InChI is InChI=1S/C15H18F2N4O2/c1-9(12(16)17)6-4-5-7-23-14(22)13-19-15-18-10(2)8-11(3)21(15)20-13/h8H,4-7H2,1-3H3. The topological polar surface area (TPSA) is 69.4 Å². The number of halogens is 2. The summed E-state index contributed by atoms with van der Waals surface area (Å²) in [5.41, 5.74) is 1.66. The fraction of sp³-hybridized carbons (Fsp3) is 0.467. The van der Waals surface area contributed by atoms with Crippen LogP contribution in [0.2, 0.25) is 0 Å². The third-order valence-electron chi connectivity index (χ3n) is 3.30. The van der Waals surface area contributed by atoms with Gasteiger partial charge in [0.05, 0.1) is 6.61 Å². The average molecular weight is 324 g/mol. The Morgan fingerprint density at radius 2 is 2.00 bits per heavy atom. The molecule has 0 aliphatic rings. The van der Waals surface area contributed by atoms with Crippen molar-refractivity contribution in [1.82, 2.24) is 19.6 Å². The molecule has 2 heterocycles. The lowest BCUT2D eigenvalue weighted by atomic mass is 10.1.